The molecule has 4 rings (SSSR count). The molecule has 0 radical (unpaired) electrons. The largest absolute Gasteiger partial charge is 0.293 e. The van der Waals surface area contributed by atoms with Gasteiger partial charge < -0.3 is 0 Å². The van der Waals surface area contributed by atoms with Gasteiger partial charge in [0.25, 0.3) is 0 Å². The summed E-state index contributed by atoms with van der Waals surface area (Å²) >= 11 is 0. The number of azo groups is 1. The van der Waals surface area contributed by atoms with E-state index in [9.17, 15) is 0 Å². The lowest BCUT2D eigenvalue weighted by Gasteiger charge is -2.45. The van der Waals surface area contributed by atoms with Crippen molar-refractivity contribution in [3.63, 3.8) is 0 Å². The summed E-state index contributed by atoms with van der Waals surface area (Å²) in [6, 6.07) is 0. The van der Waals surface area contributed by atoms with Crippen LogP contribution in [0.2, 0.25) is 0 Å². The van der Waals surface area contributed by atoms with Crippen molar-refractivity contribution < 1.29 is 0 Å². The Morgan fingerprint density at radius 2 is 2.29 bits per heavy atom. The monoisotopic (exact) mass is 226 g/mol. The fourth-order valence-electron chi connectivity index (χ4n) is 3.48. The van der Waals surface area contributed by atoms with Crippen molar-refractivity contribution in [1.29, 1.82) is 0 Å². The molecule has 0 N–H and O–H groups in total. The lowest BCUT2D eigenvalue weighted by atomic mass is 9.62. The van der Waals surface area contributed by atoms with Gasteiger partial charge in [-0.25, -0.2) is 0 Å². The molecule has 0 fully saturated rings. The molecular formula is C13H14N4. The second-order valence-electron chi connectivity index (χ2n) is 5.14. The van der Waals surface area contributed by atoms with Crippen molar-refractivity contribution in [1.82, 2.24) is 0 Å². The van der Waals surface area contributed by atoms with Crippen molar-refractivity contribution in [2.75, 3.05) is 13.1 Å². The van der Waals surface area contributed by atoms with E-state index in [1.165, 1.54) is 11.1 Å². The first-order valence-electron chi connectivity index (χ1n) is 6.19. The van der Waals surface area contributed by atoms with Crippen molar-refractivity contribution in [2.24, 2.45) is 25.6 Å². The summed E-state index contributed by atoms with van der Waals surface area (Å²) in [5, 5.41) is 8.77. The molecule has 0 aromatic rings. The number of rotatable bonds is 0. The number of aliphatic imine (C=N–C) groups is 2. The Balaban J connectivity index is 1.94. The van der Waals surface area contributed by atoms with Crippen LogP contribution >= 0.6 is 0 Å². The van der Waals surface area contributed by atoms with Gasteiger partial charge in [0.15, 0.2) is 5.66 Å². The predicted molar refractivity (Wildman–Crippen MR) is 66.8 cm³/mol. The molecule has 0 aromatic heterocycles. The van der Waals surface area contributed by atoms with Crippen LogP contribution in [0.5, 0.6) is 0 Å². The Kier molecular flexibility index (Phi) is 1.67. The van der Waals surface area contributed by atoms with Crippen LogP contribution in [0, 0.1) is 5.41 Å². The van der Waals surface area contributed by atoms with Crippen molar-refractivity contribution >= 4 is 12.4 Å². The van der Waals surface area contributed by atoms with Crippen molar-refractivity contribution in [3.8, 4) is 0 Å². The zero-order valence-corrected chi connectivity index (χ0v) is 9.63. The van der Waals surface area contributed by atoms with Gasteiger partial charge in [-0.1, -0.05) is 6.08 Å². The molecule has 86 valence electrons. The van der Waals surface area contributed by atoms with Gasteiger partial charge in [-0.2, -0.15) is 10.2 Å². The first kappa shape index (κ1) is 9.45. The zero-order valence-electron chi connectivity index (χ0n) is 9.63. The average molecular weight is 226 g/mol. The average Bonchev–Trinajstić information content (AvgIpc) is 2.79. The lowest BCUT2D eigenvalue weighted by Crippen LogP contribution is -2.49. The van der Waals surface area contributed by atoms with Gasteiger partial charge in [0.2, 0.25) is 0 Å². The van der Waals surface area contributed by atoms with Crippen molar-refractivity contribution in [3.05, 3.63) is 23.3 Å². The van der Waals surface area contributed by atoms with Crippen LogP contribution in [0.1, 0.15) is 19.3 Å². The molecule has 2 atom stereocenters. The Morgan fingerprint density at radius 3 is 3.29 bits per heavy atom. The second kappa shape index (κ2) is 3.00. The molecule has 1 aliphatic carbocycles. The van der Waals surface area contributed by atoms with Crippen LogP contribution in [0.3, 0.4) is 0 Å². The summed E-state index contributed by atoms with van der Waals surface area (Å²) in [5.74, 6) is 0. The molecule has 3 heterocycles. The number of hydrogen-bond acceptors (Lipinski definition) is 4. The molecule has 0 spiro atoms. The number of allylic oxidation sites excluding steroid dienone is 2. The Hall–Kier alpha value is -1.58. The minimum absolute atomic E-state index is 0.00356. The topological polar surface area (TPSA) is 49.4 Å². The molecule has 4 heteroatoms. The molecule has 0 aromatic carbocycles. The van der Waals surface area contributed by atoms with Crippen LogP contribution in [-0.4, -0.2) is 31.2 Å². The lowest BCUT2D eigenvalue weighted by molar-refractivity contribution is 0.229. The summed E-state index contributed by atoms with van der Waals surface area (Å²) in [6.07, 6.45) is 11.4. The SMILES string of the molecule is C1=CC23N=CC4=C(CN=CC4)C2(CC1)CN=N3. The highest BCUT2D eigenvalue weighted by molar-refractivity contribution is 5.89. The van der Waals surface area contributed by atoms with Gasteiger partial charge in [0.05, 0.1) is 18.5 Å². The number of dihydropyridines is 2. The van der Waals surface area contributed by atoms with E-state index in [2.05, 4.69) is 27.4 Å². The van der Waals surface area contributed by atoms with Crippen LogP contribution in [0.4, 0.5) is 0 Å². The summed E-state index contributed by atoms with van der Waals surface area (Å²) < 4.78 is 0. The standard InChI is InChI=1S/C13H14N4/c1-2-5-13-12(4-1,9-16-17-13)11-8-14-6-3-10(11)7-15-13/h2,5-7H,1,3-4,8-9H2. The molecule has 3 aliphatic heterocycles. The fraction of sp³-hybridized carbons (Fsp3) is 0.538. The Morgan fingerprint density at radius 1 is 1.29 bits per heavy atom. The van der Waals surface area contributed by atoms with Gasteiger partial charge in [-0.05, 0) is 30.1 Å². The minimum atomic E-state index is -0.434. The molecule has 0 bridgehead atoms. The van der Waals surface area contributed by atoms with E-state index in [0.29, 0.717) is 0 Å². The molecule has 0 saturated carbocycles. The van der Waals surface area contributed by atoms with E-state index in [0.717, 1.165) is 32.4 Å². The highest BCUT2D eigenvalue weighted by Crippen LogP contribution is 2.56. The third-order valence-electron chi connectivity index (χ3n) is 4.43. The van der Waals surface area contributed by atoms with Gasteiger partial charge in [-0.3, -0.25) is 9.98 Å². The quantitative estimate of drug-likeness (QED) is 0.569. The highest BCUT2D eigenvalue weighted by atomic mass is 15.3. The van der Waals surface area contributed by atoms with Crippen LogP contribution < -0.4 is 0 Å². The van der Waals surface area contributed by atoms with E-state index in [1.807, 2.05) is 12.4 Å². The van der Waals surface area contributed by atoms with Gasteiger partial charge in [-0.15, -0.1) is 0 Å². The van der Waals surface area contributed by atoms with Crippen LogP contribution in [-0.2, 0) is 0 Å². The third kappa shape index (κ3) is 0.989. The molecule has 2 unspecified atom stereocenters. The van der Waals surface area contributed by atoms with Crippen LogP contribution in [0.15, 0.2) is 43.5 Å². The van der Waals surface area contributed by atoms with Crippen molar-refractivity contribution in [2.45, 2.75) is 24.9 Å². The van der Waals surface area contributed by atoms with E-state index in [4.69, 9.17) is 4.99 Å². The zero-order chi connectivity index (χ0) is 11.3. The maximum absolute atomic E-state index is 4.73. The van der Waals surface area contributed by atoms with Gasteiger partial charge in [0, 0.05) is 18.9 Å². The summed E-state index contributed by atoms with van der Waals surface area (Å²) in [6.45, 7) is 1.59. The summed E-state index contributed by atoms with van der Waals surface area (Å²) in [5.41, 5.74) is 2.35. The molecule has 0 saturated heterocycles. The minimum Gasteiger partial charge on any atom is -0.293 e. The second-order valence-corrected chi connectivity index (χ2v) is 5.14. The maximum atomic E-state index is 4.73. The molecule has 4 nitrogen and oxygen atoms in total. The summed E-state index contributed by atoms with van der Waals surface area (Å²) in [4.78, 5) is 9.18. The Labute approximate surface area is 100.0 Å². The van der Waals surface area contributed by atoms with E-state index < -0.39 is 5.66 Å². The summed E-state index contributed by atoms with van der Waals surface area (Å²) in [7, 11) is 0. The normalized spacial score (nSPS) is 41.4. The van der Waals surface area contributed by atoms with E-state index >= 15 is 0 Å². The first-order valence-corrected chi connectivity index (χ1v) is 6.19. The molecule has 4 aliphatic rings. The third-order valence-corrected chi connectivity index (χ3v) is 4.43. The maximum Gasteiger partial charge on any atom is 0.199 e. The highest BCUT2D eigenvalue weighted by Gasteiger charge is 2.58. The van der Waals surface area contributed by atoms with Gasteiger partial charge in [0.1, 0.15) is 0 Å². The molecular weight excluding hydrogens is 212 g/mol. The molecule has 0 amide bonds. The van der Waals surface area contributed by atoms with E-state index in [-0.39, 0.29) is 5.41 Å². The first-order chi connectivity index (χ1) is 8.36. The van der Waals surface area contributed by atoms with Crippen LogP contribution in [0.25, 0.3) is 0 Å². The Bertz CT molecular complexity index is 526. The fourth-order valence-corrected chi connectivity index (χ4v) is 3.48. The van der Waals surface area contributed by atoms with Gasteiger partial charge >= 0.3 is 0 Å². The predicted octanol–water partition coefficient (Wildman–Crippen LogP) is 2.34. The smallest absolute Gasteiger partial charge is 0.199 e. The number of nitrogens with zero attached hydrogens (tertiary/aromatic N) is 4. The number of hydrogen-bond donors (Lipinski definition) is 0. The molecule has 17 heavy (non-hydrogen) atoms. The van der Waals surface area contributed by atoms with E-state index in [1.54, 1.807) is 0 Å².